The monoisotopic (exact) mass is 571 g/mol. The maximum atomic E-state index is 12.5. The van der Waals surface area contributed by atoms with Gasteiger partial charge in [-0.25, -0.2) is 23.0 Å². The molecule has 2 aromatic heterocycles. The third kappa shape index (κ3) is 8.17. The zero-order valence-corrected chi connectivity index (χ0v) is 22.3. The minimum absolute atomic E-state index is 0.0800. The van der Waals surface area contributed by atoms with Crippen molar-refractivity contribution < 1.29 is 41.4 Å². The molecular weight excluding hydrogens is 543 g/mol. The summed E-state index contributed by atoms with van der Waals surface area (Å²) in [5, 5.41) is 21.3. The van der Waals surface area contributed by atoms with Crippen LogP contribution in [-0.2, 0) is 27.8 Å². The van der Waals surface area contributed by atoms with Crippen molar-refractivity contribution in [2.75, 3.05) is 23.2 Å². The summed E-state index contributed by atoms with van der Waals surface area (Å²) in [5.74, 6) is -3.68. The van der Waals surface area contributed by atoms with E-state index in [-0.39, 0.29) is 22.0 Å². The summed E-state index contributed by atoms with van der Waals surface area (Å²) in [6, 6.07) is 9.14. The highest BCUT2D eigenvalue weighted by Gasteiger charge is 2.38. The van der Waals surface area contributed by atoms with Gasteiger partial charge in [-0.1, -0.05) is 18.2 Å². The number of anilines is 2. The maximum absolute atomic E-state index is 12.5. The van der Waals surface area contributed by atoms with Gasteiger partial charge in [-0.2, -0.15) is 18.3 Å². The minimum atomic E-state index is -5.08. The summed E-state index contributed by atoms with van der Waals surface area (Å²) in [7, 11) is -2.09. The van der Waals surface area contributed by atoms with Gasteiger partial charge < -0.3 is 15.1 Å². The number of likely N-dealkylation sites (N-methyl/N-ethyl adjacent to an activating group) is 1. The lowest BCUT2D eigenvalue weighted by atomic mass is 10.1. The molecule has 0 atom stereocenters. The summed E-state index contributed by atoms with van der Waals surface area (Å²) in [6.45, 7) is 7.33. The van der Waals surface area contributed by atoms with Crippen molar-refractivity contribution in [3.05, 3.63) is 65.1 Å². The Labute approximate surface area is 223 Å². The van der Waals surface area contributed by atoms with Crippen LogP contribution in [0.4, 0.5) is 24.7 Å². The Balaban J connectivity index is 0.000000673. The van der Waals surface area contributed by atoms with Gasteiger partial charge in [-0.3, -0.25) is 9.40 Å². The van der Waals surface area contributed by atoms with Crippen LogP contribution in [0.2, 0.25) is 0 Å². The maximum Gasteiger partial charge on any atom is 0.490 e. The minimum Gasteiger partial charge on any atom is -0.478 e. The lowest BCUT2D eigenvalue weighted by Crippen LogP contribution is -2.24. The van der Waals surface area contributed by atoms with E-state index < -0.39 is 28.1 Å². The van der Waals surface area contributed by atoms with Gasteiger partial charge in [0.1, 0.15) is 11.4 Å². The number of nitrogens with one attached hydrogen (secondary N) is 1. The molecular formula is C24H28F3N5O6S. The summed E-state index contributed by atoms with van der Waals surface area (Å²) >= 11 is 0. The molecule has 3 N–H and O–H groups in total. The van der Waals surface area contributed by atoms with E-state index in [9.17, 15) is 31.5 Å². The van der Waals surface area contributed by atoms with Gasteiger partial charge in [0, 0.05) is 25.8 Å². The number of aliphatic carboxylic acids is 1. The van der Waals surface area contributed by atoms with E-state index in [0.29, 0.717) is 13.0 Å². The number of carbonyl (C=O) groups is 2. The fraction of sp³-hybridized carbons (Fsp3) is 0.333. The second-order valence-corrected chi connectivity index (χ2v) is 9.94. The number of pyridine rings is 1. The largest absolute Gasteiger partial charge is 0.490 e. The van der Waals surface area contributed by atoms with E-state index in [1.807, 2.05) is 25.5 Å². The number of rotatable bonds is 9. The van der Waals surface area contributed by atoms with Crippen LogP contribution in [0.1, 0.15) is 34.2 Å². The highest BCUT2D eigenvalue weighted by atomic mass is 32.2. The molecule has 0 saturated heterocycles. The first kappa shape index (κ1) is 31.1. The molecule has 3 rings (SSSR count). The molecule has 2 heterocycles. The molecule has 212 valence electrons. The zero-order valence-electron chi connectivity index (χ0n) is 21.5. The predicted octanol–water partition coefficient (Wildman–Crippen LogP) is 3.73. The molecule has 0 aliphatic rings. The number of carboxylic acids is 2. The highest BCUT2D eigenvalue weighted by Crippen LogP contribution is 2.24. The molecule has 3 aromatic rings. The third-order valence-electron chi connectivity index (χ3n) is 5.53. The van der Waals surface area contributed by atoms with Gasteiger partial charge in [0.25, 0.3) is 10.0 Å². The van der Waals surface area contributed by atoms with Crippen LogP contribution in [0.25, 0.3) is 0 Å². The van der Waals surface area contributed by atoms with Crippen molar-refractivity contribution >= 4 is 33.5 Å². The molecule has 11 nitrogen and oxygen atoms in total. The van der Waals surface area contributed by atoms with Gasteiger partial charge in [0.05, 0.1) is 22.5 Å². The van der Waals surface area contributed by atoms with Gasteiger partial charge in [-0.05, 0) is 51.0 Å². The van der Waals surface area contributed by atoms with Crippen LogP contribution < -0.4 is 9.62 Å². The standard InChI is InChI=1S/C22H27N5O4S.C2HF3O2/c1-5-27-16(3)19(15(2)24-27)11-12-26(4)21-20(22(28)29)13-17(14-23-21)25-32(30,31)18-9-7-6-8-10-18;3-2(4,5)1(6)7/h6-10,13-14,25H,5,11-12H2,1-4H3,(H,28,29);(H,6,7). The number of hydrogen-bond acceptors (Lipinski definition) is 7. The molecule has 1 aromatic carbocycles. The number of aryl methyl sites for hydroxylation is 2. The number of carboxylic acid groups (broad SMARTS) is 2. The van der Waals surface area contributed by atoms with Crippen LogP contribution in [0.5, 0.6) is 0 Å². The Hall–Kier alpha value is -4.14. The number of halogens is 3. The Morgan fingerprint density at radius 1 is 1.13 bits per heavy atom. The van der Waals surface area contributed by atoms with E-state index in [1.54, 1.807) is 30.1 Å². The molecule has 0 aliphatic heterocycles. The zero-order chi connectivity index (χ0) is 29.5. The molecule has 15 heteroatoms. The number of aromatic nitrogens is 3. The quantitative estimate of drug-likeness (QED) is 0.348. The normalized spacial score (nSPS) is 11.4. The molecule has 0 radical (unpaired) electrons. The number of sulfonamides is 1. The first-order valence-corrected chi connectivity index (χ1v) is 12.9. The molecule has 0 unspecified atom stereocenters. The lowest BCUT2D eigenvalue weighted by molar-refractivity contribution is -0.192. The van der Waals surface area contributed by atoms with E-state index >= 15 is 0 Å². The van der Waals surface area contributed by atoms with Gasteiger partial charge in [0.15, 0.2) is 0 Å². The number of nitrogens with zero attached hydrogens (tertiary/aromatic N) is 4. The summed E-state index contributed by atoms with van der Waals surface area (Å²) in [4.78, 5) is 26.9. The lowest BCUT2D eigenvalue weighted by Gasteiger charge is -2.21. The van der Waals surface area contributed by atoms with E-state index in [1.165, 1.54) is 24.4 Å². The van der Waals surface area contributed by atoms with Crippen LogP contribution in [0.3, 0.4) is 0 Å². The molecule has 0 fully saturated rings. The van der Waals surface area contributed by atoms with Crippen molar-refractivity contribution in [3.63, 3.8) is 0 Å². The second-order valence-electron chi connectivity index (χ2n) is 8.26. The summed E-state index contributed by atoms with van der Waals surface area (Å²) in [6.07, 6.45) is -3.08. The van der Waals surface area contributed by atoms with Crippen molar-refractivity contribution in [2.45, 2.75) is 44.8 Å². The molecule has 0 amide bonds. The Bertz CT molecular complexity index is 1430. The molecule has 0 bridgehead atoms. The van der Waals surface area contributed by atoms with Gasteiger partial charge >= 0.3 is 18.1 Å². The van der Waals surface area contributed by atoms with Gasteiger partial charge in [0.2, 0.25) is 0 Å². The SMILES string of the molecule is CCn1nc(C)c(CCN(C)c2ncc(NS(=O)(=O)c3ccccc3)cc2C(=O)O)c1C.O=C(O)C(F)(F)F. The fourth-order valence-electron chi connectivity index (χ4n) is 3.58. The van der Waals surface area contributed by atoms with E-state index in [4.69, 9.17) is 9.90 Å². The van der Waals surface area contributed by atoms with Gasteiger partial charge in [-0.15, -0.1) is 0 Å². The van der Waals surface area contributed by atoms with Crippen molar-refractivity contribution in [1.82, 2.24) is 14.8 Å². The smallest absolute Gasteiger partial charge is 0.478 e. The van der Waals surface area contributed by atoms with E-state index in [0.717, 1.165) is 23.5 Å². The van der Waals surface area contributed by atoms with Crippen LogP contribution in [0.15, 0.2) is 47.5 Å². The summed E-state index contributed by atoms with van der Waals surface area (Å²) in [5.41, 5.74) is 3.17. The first-order chi connectivity index (χ1) is 18.1. The summed E-state index contributed by atoms with van der Waals surface area (Å²) < 4.78 is 61.2. The molecule has 0 saturated carbocycles. The Morgan fingerprint density at radius 2 is 1.72 bits per heavy atom. The van der Waals surface area contributed by atoms with Crippen LogP contribution in [0, 0.1) is 13.8 Å². The van der Waals surface area contributed by atoms with Crippen molar-refractivity contribution in [2.24, 2.45) is 0 Å². The number of hydrogen-bond donors (Lipinski definition) is 3. The second kappa shape index (κ2) is 12.6. The molecule has 0 spiro atoms. The fourth-order valence-corrected chi connectivity index (χ4v) is 4.63. The van der Waals surface area contributed by atoms with E-state index in [2.05, 4.69) is 14.8 Å². The number of alkyl halides is 3. The Kier molecular flexibility index (Phi) is 10.0. The average Bonchev–Trinajstić information content (AvgIpc) is 3.14. The van der Waals surface area contributed by atoms with Crippen molar-refractivity contribution in [1.29, 1.82) is 0 Å². The van der Waals surface area contributed by atoms with Crippen LogP contribution in [-0.4, -0.2) is 65.1 Å². The number of aromatic carboxylic acids is 1. The third-order valence-corrected chi connectivity index (χ3v) is 6.93. The average molecular weight is 572 g/mol. The topological polar surface area (TPSA) is 155 Å². The predicted molar refractivity (Wildman–Crippen MR) is 136 cm³/mol. The molecule has 39 heavy (non-hydrogen) atoms. The van der Waals surface area contributed by atoms with Crippen molar-refractivity contribution in [3.8, 4) is 0 Å². The molecule has 0 aliphatic carbocycles. The number of benzene rings is 1. The Morgan fingerprint density at radius 3 is 2.21 bits per heavy atom. The first-order valence-electron chi connectivity index (χ1n) is 11.4. The highest BCUT2D eigenvalue weighted by molar-refractivity contribution is 7.92. The van der Waals surface area contributed by atoms with Crippen LogP contribution >= 0.6 is 0 Å².